The predicted octanol–water partition coefficient (Wildman–Crippen LogP) is 0.914. The standard InChI is InChI=1S/C13H27N3O/c1-11(2)4-7-15(3)13(17)10-16-8-5-12(14)6-9-16/h11-12H,4-10,14H2,1-3H3. The van der Waals surface area contributed by atoms with Gasteiger partial charge in [0, 0.05) is 32.7 Å². The summed E-state index contributed by atoms with van der Waals surface area (Å²) >= 11 is 0. The summed E-state index contributed by atoms with van der Waals surface area (Å²) in [6, 6.07) is 0.333. The Kier molecular flexibility index (Phi) is 5.92. The van der Waals surface area contributed by atoms with Gasteiger partial charge in [-0.25, -0.2) is 0 Å². The van der Waals surface area contributed by atoms with E-state index in [4.69, 9.17) is 5.73 Å². The molecular weight excluding hydrogens is 214 g/mol. The fourth-order valence-corrected chi connectivity index (χ4v) is 2.00. The van der Waals surface area contributed by atoms with Crippen molar-refractivity contribution in [2.24, 2.45) is 11.7 Å². The summed E-state index contributed by atoms with van der Waals surface area (Å²) in [4.78, 5) is 16.0. The van der Waals surface area contributed by atoms with E-state index in [0.29, 0.717) is 18.5 Å². The third-order valence-corrected chi connectivity index (χ3v) is 3.46. The molecule has 1 aliphatic rings. The van der Waals surface area contributed by atoms with Gasteiger partial charge in [-0.2, -0.15) is 0 Å². The Morgan fingerprint density at radius 3 is 2.53 bits per heavy atom. The number of hydrogen-bond donors (Lipinski definition) is 1. The molecule has 0 aromatic heterocycles. The molecule has 4 nitrogen and oxygen atoms in total. The Morgan fingerprint density at radius 1 is 1.41 bits per heavy atom. The van der Waals surface area contributed by atoms with Crippen LogP contribution in [-0.4, -0.2) is 55.0 Å². The Hall–Kier alpha value is -0.610. The molecule has 17 heavy (non-hydrogen) atoms. The lowest BCUT2D eigenvalue weighted by Gasteiger charge is -2.31. The Bertz CT molecular complexity index is 235. The molecule has 0 saturated carbocycles. The average Bonchev–Trinajstić information content (AvgIpc) is 2.28. The Labute approximate surface area is 105 Å². The van der Waals surface area contributed by atoms with Gasteiger partial charge in [0.15, 0.2) is 0 Å². The molecule has 0 radical (unpaired) electrons. The Morgan fingerprint density at radius 2 is 2.00 bits per heavy atom. The van der Waals surface area contributed by atoms with E-state index in [1.165, 1.54) is 0 Å². The lowest BCUT2D eigenvalue weighted by molar-refractivity contribution is -0.131. The van der Waals surface area contributed by atoms with Crippen LogP contribution >= 0.6 is 0 Å². The summed E-state index contributed by atoms with van der Waals surface area (Å²) < 4.78 is 0. The zero-order valence-electron chi connectivity index (χ0n) is 11.5. The minimum absolute atomic E-state index is 0.237. The van der Waals surface area contributed by atoms with Crippen LogP contribution in [-0.2, 0) is 4.79 Å². The molecule has 0 unspecified atom stereocenters. The van der Waals surface area contributed by atoms with Crippen LogP contribution in [0.4, 0.5) is 0 Å². The average molecular weight is 241 g/mol. The summed E-state index contributed by atoms with van der Waals surface area (Å²) in [5.74, 6) is 0.888. The first-order valence-corrected chi connectivity index (χ1v) is 6.71. The molecule has 0 aromatic carbocycles. The van der Waals surface area contributed by atoms with Crippen LogP contribution in [0.5, 0.6) is 0 Å². The van der Waals surface area contributed by atoms with E-state index < -0.39 is 0 Å². The highest BCUT2D eigenvalue weighted by Crippen LogP contribution is 2.08. The summed E-state index contributed by atoms with van der Waals surface area (Å²) in [6.07, 6.45) is 3.11. The Balaban J connectivity index is 2.23. The van der Waals surface area contributed by atoms with Gasteiger partial charge in [-0.1, -0.05) is 13.8 Å². The van der Waals surface area contributed by atoms with Crippen molar-refractivity contribution in [2.75, 3.05) is 33.2 Å². The molecule has 0 aliphatic carbocycles. The molecule has 1 rings (SSSR count). The number of rotatable bonds is 5. The number of nitrogens with zero attached hydrogens (tertiary/aromatic N) is 2. The number of piperidine rings is 1. The van der Waals surface area contributed by atoms with E-state index in [1.807, 2.05) is 11.9 Å². The van der Waals surface area contributed by atoms with Crippen molar-refractivity contribution in [1.29, 1.82) is 0 Å². The molecule has 1 fully saturated rings. The van der Waals surface area contributed by atoms with Crippen LogP contribution in [0.25, 0.3) is 0 Å². The second kappa shape index (κ2) is 6.97. The molecule has 2 N–H and O–H groups in total. The molecule has 1 heterocycles. The monoisotopic (exact) mass is 241 g/mol. The number of nitrogens with two attached hydrogens (primary N) is 1. The van der Waals surface area contributed by atoms with Crippen molar-refractivity contribution >= 4 is 5.91 Å². The largest absolute Gasteiger partial charge is 0.345 e. The van der Waals surface area contributed by atoms with Crippen molar-refractivity contribution in [3.05, 3.63) is 0 Å². The normalized spacial score (nSPS) is 18.6. The van der Waals surface area contributed by atoms with Crippen LogP contribution in [0.15, 0.2) is 0 Å². The molecule has 1 aliphatic heterocycles. The van der Waals surface area contributed by atoms with Crippen molar-refractivity contribution in [3.63, 3.8) is 0 Å². The first-order valence-electron chi connectivity index (χ1n) is 6.71. The second-order valence-electron chi connectivity index (χ2n) is 5.61. The molecule has 0 atom stereocenters. The summed E-state index contributed by atoms with van der Waals surface area (Å²) in [7, 11) is 1.90. The fourth-order valence-electron chi connectivity index (χ4n) is 2.00. The van der Waals surface area contributed by atoms with Gasteiger partial charge >= 0.3 is 0 Å². The van der Waals surface area contributed by atoms with Gasteiger partial charge in [-0.15, -0.1) is 0 Å². The minimum atomic E-state index is 0.237. The predicted molar refractivity (Wildman–Crippen MR) is 70.7 cm³/mol. The molecule has 4 heteroatoms. The van der Waals surface area contributed by atoms with Gasteiger partial charge in [0.05, 0.1) is 6.54 Å². The number of carbonyl (C=O) groups excluding carboxylic acids is 1. The maximum atomic E-state index is 12.0. The van der Waals surface area contributed by atoms with E-state index in [2.05, 4.69) is 18.7 Å². The molecule has 1 saturated heterocycles. The van der Waals surface area contributed by atoms with E-state index in [9.17, 15) is 4.79 Å². The van der Waals surface area contributed by atoms with Crippen LogP contribution in [0.1, 0.15) is 33.1 Å². The van der Waals surface area contributed by atoms with Gasteiger partial charge in [0.1, 0.15) is 0 Å². The summed E-state index contributed by atoms with van der Waals surface area (Å²) in [6.45, 7) is 7.72. The zero-order chi connectivity index (χ0) is 12.8. The molecule has 1 amide bonds. The zero-order valence-corrected chi connectivity index (χ0v) is 11.5. The maximum Gasteiger partial charge on any atom is 0.236 e. The highest BCUT2D eigenvalue weighted by atomic mass is 16.2. The number of hydrogen-bond acceptors (Lipinski definition) is 3. The van der Waals surface area contributed by atoms with Crippen molar-refractivity contribution < 1.29 is 4.79 Å². The molecule has 100 valence electrons. The van der Waals surface area contributed by atoms with Gasteiger partial charge in [-0.05, 0) is 25.2 Å². The third-order valence-electron chi connectivity index (χ3n) is 3.46. The topological polar surface area (TPSA) is 49.6 Å². The number of likely N-dealkylation sites (tertiary alicyclic amines) is 1. The lowest BCUT2D eigenvalue weighted by atomic mass is 10.1. The van der Waals surface area contributed by atoms with Gasteiger partial charge in [0.2, 0.25) is 5.91 Å². The van der Waals surface area contributed by atoms with Gasteiger partial charge in [-0.3, -0.25) is 9.69 Å². The van der Waals surface area contributed by atoms with Crippen LogP contribution in [0.2, 0.25) is 0 Å². The van der Waals surface area contributed by atoms with Crippen LogP contribution < -0.4 is 5.73 Å². The number of likely N-dealkylation sites (N-methyl/N-ethyl adjacent to an activating group) is 1. The smallest absolute Gasteiger partial charge is 0.236 e. The van der Waals surface area contributed by atoms with Gasteiger partial charge < -0.3 is 10.6 Å². The van der Waals surface area contributed by atoms with E-state index >= 15 is 0 Å². The van der Waals surface area contributed by atoms with E-state index in [0.717, 1.165) is 38.9 Å². The molecular formula is C13H27N3O. The lowest BCUT2D eigenvalue weighted by Crippen LogP contribution is -2.45. The quantitative estimate of drug-likeness (QED) is 0.778. The van der Waals surface area contributed by atoms with Gasteiger partial charge in [0.25, 0.3) is 0 Å². The fraction of sp³-hybridized carbons (Fsp3) is 0.923. The number of amides is 1. The first kappa shape index (κ1) is 14.5. The third kappa shape index (κ3) is 5.50. The maximum absolute atomic E-state index is 12.0. The van der Waals surface area contributed by atoms with Crippen molar-refractivity contribution in [3.8, 4) is 0 Å². The highest BCUT2D eigenvalue weighted by Gasteiger charge is 2.19. The highest BCUT2D eigenvalue weighted by molar-refractivity contribution is 5.77. The SMILES string of the molecule is CC(C)CCN(C)C(=O)CN1CCC(N)CC1. The molecule has 0 bridgehead atoms. The van der Waals surface area contributed by atoms with Crippen LogP contribution in [0.3, 0.4) is 0 Å². The summed E-state index contributed by atoms with van der Waals surface area (Å²) in [5.41, 5.74) is 5.85. The minimum Gasteiger partial charge on any atom is -0.345 e. The molecule has 0 aromatic rings. The van der Waals surface area contributed by atoms with Crippen LogP contribution in [0, 0.1) is 5.92 Å². The molecule has 0 spiro atoms. The van der Waals surface area contributed by atoms with E-state index in [1.54, 1.807) is 0 Å². The van der Waals surface area contributed by atoms with Crippen molar-refractivity contribution in [2.45, 2.75) is 39.2 Å². The van der Waals surface area contributed by atoms with Crippen molar-refractivity contribution in [1.82, 2.24) is 9.80 Å². The van der Waals surface area contributed by atoms with E-state index in [-0.39, 0.29) is 5.91 Å². The summed E-state index contributed by atoms with van der Waals surface area (Å²) in [5, 5.41) is 0. The second-order valence-corrected chi connectivity index (χ2v) is 5.61. The first-order chi connectivity index (χ1) is 7.99. The number of carbonyl (C=O) groups is 1.